The quantitative estimate of drug-likeness (QED) is 0.863. The van der Waals surface area contributed by atoms with E-state index in [1.165, 1.54) is 0 Å². The van der Waals surface area contributed by atoms with Crippen molar-refractivity contribution in [3.8, 4) is 0 Å². The fourth-order valence-corrected chi connectivity index (χ4v) is 2.07. The summed E-state index contributed by atoms with van der Waals surface area (Å²) in [5.74, 6) is -0.436. The van der Waals surface area contributed by atoms with E-state index < -0.39 is 6.04 Å². The number of cyclic esters (lactones) is 1. The number of benzene rings is 1. The Bertz CT molecular complexity index is 444. The monoisotopic (exact) mass is 311 g/mol. The number of halogens is 1. The van der Waals surface area contributed by atoms with Gasteiger partial charge in [0.25, 0.3) is 0 Å². The van der Waals surface area contributed by atoms with Gasteiger partial charge in [0.15, 0.2) is 0 Å². The normalized spacial score (nSPS) is 18.5. The van der Waals surface area contributed by atoms with Crippen molar-refractivity contribution in [3.05, 3.63) is 34.3 Å². The Kier molecular flexibility index (Phi) is 4.36. The number of carbonyl (C=O) groups excluding carboxylic acids is 2. The molecule has 1 saturated heterocycles. The Hall–Kier alpha value is -1.36. The van der Waals surface area contributed by atoms with Crippen LogP contribution in [0.4, 0.5) is 0 Å². The number of amides is 1. The first-order valence-electron chi connectivity index (χ1n) is 5.85. The third kappa shape index (κ3) is 3.57. The number of carbonyl (C=O) groups is 2. The largest absolute Gasteiger partial charge is 0.464 e. The predicted molar refractivity (Wildman–Crippen MR) is 70.0 cm³/mol. The maximum atomic E-state index is 11.7. The smallest absolute Gasteiger partial charge is 0.328 e. The average Bonchev–Trinajstić information content (AvgIpc) is 2.74. The van der Waals surface area contributed by atoms with Crippen LogP contribution >= 0.6 is 15.9 Å². The first kappa shape index (κ1) is 13.1. The topological polar surface area (TPSA) is 55.4 Å². The average molecular weight is 312 g/mol. The minimum Gasteiger partial charge on any atom is -0.464 e. The summed E-state index contributed by atoms with van der Waals surface area (Å²) in [5, 5.41) is 2.69. The highest BCUT2D eigenvalue weighted by atomic mass is 79.9. The van der Waals surface area contributed by atoms with Crippen molar-refractivity contribution >= 4 is 27.8 Å². The van der Waals surface area contributed by atoms with Gasteiger partial charge in [0.2, 0.25) is 5.91 Å². The Morgan fingerprint density at radius 1 is 1.39 bits per heavy atom. The van der Waals surface area contributed by atoms with Crippen LogP contribution in [0.2, 0.25) is 0 Å². The van der Waals surface area contributed by atoms with Crippen molar-refractivity contribution in [2.75, 3.05) is 6.61 Å². The van der Waals surface area contributed by atoms with Gasteiger partial charge < -0.3 is 10.1 Å². The SMILES string of the molecule is O=C(CCc1ccc(Br)cc1)NC1CCOC1=O. The minimum atomic E-state index is -0.456. The molecule has 1 amide bonds. The number of hydrogen-bond donors (Lipinski definition) is 1. The number of hydrogen-bond acceptors (Lipinski definition) is 3. The summed E-state index contributed by atoms with van der Waals surface area (Å²) in [4.78, 5) is 22.8. The molecule has 1 N–H and O–H groups in total. The van der Waals surface area contributed by atoms with E-state index in [0.29, 0.717) is 25.9 Å². The van der Waals surface area contributed by atoms with Crippen molar-refractivity contribution in [2.24, 2.45) is 0 Å². The van der Waals surface area contributed by atoms with Crippen molar-refractivity contribution < 1.29 is 14.3 Å². The highest BCUT2D eigenvalue weighted by Crippen LogP contribution is 2.12. The molecule has 1 aliphatic heterocycles. The molecule has 2 rings (SSSR count). The minimum absolute atomic E-state index is 0.109. The van der Waals surface area contributed by atoms with E-state index in [1.54, 1.807) is 0 Å². The van der Waals surface area contributed by atoms with Crippen molar-refractivity contribution in [2.45, 2.75) is 25.3 Å². The summed E-state index contributed by atoms with van der Waals surface area (Å²) < 4.78 is 5.80. The Balaban J connectivity index is 1.78. The molecule has 1 unspecified atom stereocenters. The zero-order valence-corrected chi connectivity index (χ0v) is 11.4. The molecule has 0 radical (unpaired) electrons. The summed E-state index contributed by atoms with van der Waals surface area (Å²) in [6.45, 7) is 0.399. The van der Waals surface area contributed by atoms with E-state index in [2.05, 4.69) is 21.2 Å². The number of rotatable bonds is 4. The van der Waals surface area contributed by atoms with Gasteiger partial charge in [-0.2, -0.15) is 0 Å². The molecule has 96 valence electrons. The summed E-state index contributed by atoms with van der Waals surface area (Å²) in [6.07, 6.45) is 1.62. The van der Waals surface area contributed by atoms with Crippen LogP contribution < -0.4 is 5.32 Å². The molecule has 0 saturated carbocycles. The Morgan fingerprint density at radius 2 is 2.11 bits per heavy atom. The molecular formula is C13H14BrNO3. The molecule has 18 heavy (non-hydrogen) atoms. The van der Waals surface area contributed by atoms with Crippen LogP contribution in [0.15, 0.2) is 28.7 Å². The molecule has 0 bridgehead atoms. The first-order chi connectivity index (χ1) is 8.65. The van der Waals surface area contributed by atoms with Gasteiger partial charge in [-0.1, -0.05) is 28.1 Å². The molecular weight excluding hydrogens is 298 g/mol. The Morgan fingerprint density at radius 3 is 2.72 bits per heavy atom. The fraction of sp³-hybridized carbons (Fsp3) is 0.385. The molecule has 1 heterocycles. The fourth-order valence-electron chi connectivity index (χ4n) is 1.80. The van der Waals surface area contributed by atoms with Crippen molar-refractivity contribution in [1.82, 2.24) is 5.32 Å². The Labute approximate surface area is 114 Å². The zero-order valence-electron chi connectivity index (χ0n) is 9.82. The second-order valence-electron chi connectivity index (χ2n) is 4.20. The molecule has 5 heteroatoms. The number of aryl methyl sites for hydroxylation is 1. The van der Waals surface area contributed by atoms with Crippen LogP contribution in [0.1, 0.15) is 18.4 Å². The third-order valence-corrected chi connectivity index (χ3v) is 3.35. The van der Waals surface area contributed by atoms with Gasteiger partial charge in [-0.05, 0) is 24.1 Å². The molecule has 1 fully saturated rings. The number of esters is 1. The lowest BCUT2D eigenvalue weighted by Gasteiger charge is -2.08. The molecule has 1 aliphatic rings. The maximum absolute atomic E-state index is 11.7. The highest BCUT2D eigenvalue weighted by Gasteiger charge is 2.27. The van der Waals surface area contributed by atoms with Crippen molar-refractivity contribution in [1.29, 1.82) is 0 Å². The summed E-state index contributed by atoms with van der Waals surface area (Å²) in [6, 6.07) is 7.38. The molecule has 4 nitrogen and oxygen atoms in total. The van der Waals surface area contributed by atoms with Gasteiger partial charge >= 0.3 is 5.97 Å². The van der Waals surface area contributed by atoms with E-state index in [4.69, 9.17) is 4.74 Å². The molecule has 0 spiro atoms. The summed E-state index contributed by atoms with van der Waals surface area (Å²) >= 11 is 3.36. The lowest BCUT2D eigenvalue weighted by Crippen LogP contribution is -2.37. The molecule has 0 aliphatic carbocycles. The molecule has 1 aromatic rings. The number of nitrogens with one attached hydrogen (secondary N) is 1. The van der Waals surface area contributed by atoms with Crippen molar-refractivity contribution in [3.63, 3.8) is 0 Å². The van der Waals surface area contributed by atoms with Crippen LogP contribution in [-0.2, 0) is 20.7 Å². The molecule has 0 aromatic heterocycles. The van der Waals surface area contributed by atoms with Crippen LogP contribution in [0.3, 0.4) is 0 Å². The van der Waals surface area contributed by atoms with Gasteiger partial charge in [0.05, 0.1) is 6.61 Å². The first-order valence-corrected chi connectivity index (χ1v) is 6.65. The van der Waals surface area contributed by atoms with E-state index in [0.717, 1.165) is 10.0 Å². The third-order valence-electron chi connectivity index (χ3n) is 2.82. The second-order valence-corrected chi connectivity index (χ2v) is 5.12. The van der Waals surface area contributed by atoms with E-state index in [1.807, 2.05) is 24.3 Å². The van der Waals surface area contributed by atoms with E-state index >= 15 is 0 Å². The van der Waals surface area contributed by atoms with Gasteiger partial charge in [-0.15, -0.1) is 0 Å². The molecule has 1 atom stereocenters. The van der Waals surface area contributed by atoms with Crippen LogP contribution in [0.5, 0.6) is 0 Å². The van der Waals surface area contributed by atoms with Crippen LogP contribution in [-0.4, -0.2) is 24.5 Å². The van der Waals surface area contributed by atoms with Gasteiger partial charge in [0, 0.05) is 17.3 Å². The van der Waals surface area contributed by atoms with Gasteiger partial charge in [-0.25, -0.2) is 4.79 Å². The zero-order chi connectivity index (χ0) is 13.0. The molecule has 1 aromatic carbocycles. The number of ether oxygens (including phenoxy) is 1. The van der Waals surface area contributed by atoms with E-state index in [-0.39, 0.29) is 11.9 Å². The second kappa shape index (κ2) is 6.00. The predicted octanol–water partition coefficient (Wildman–Crippen LogP) is 1.81. The highest BCUT2D eigenvalue weighted by molar-refractivity contribution is 9.10. The standard InChI is InChI=1S/C13H14BrNO3/c14-10-4-1-9(2-5-10)3-6-12(16)15-11-7-8-18-13(11)17/h1-2,4-5,11H,3,6-8H2,(H,15,16). The lowest BCUT2D eigenvalue weighted by atomic mass is 10.1. The summed E-state index contributed by atoms with van der Waals surface area (Å²) in [5.41, 5.74) is 1.10. The van der Waals surface area contributed by atoms with Gasteiger partial charge in [-0.3, -0.25) is 4.79 Å². The summed E-state index contributed by atoms with van der Waals surface area (Å²) in [7, 11) is 0. The van der Waals surface area contributed by atoms with Crippen LogP contribution in [0.25, 0.3) is 0 Å². The lowest BCUT2D eigenvalue weighted by molar-refractivity contribution is -0.141. The van der Waals surface area contributed by atoms with Crippen LogP contribution in [0, 0.1) is 0 Å². The van der Waals surface area contributed by atoms with E-state index in [9.17, 15) is 9.59 Å². The maximum Gasteiger partial charge on any atom is 0.328 e. The van der Waals surface area contributed by atoms with Gasteiger partial charge in [0.1, 0.15) is 6.04 Å².